The molecule has 0 heterocycles. The van der Waals surface area contributed by atoms with E-state index in [0.29, 0.717) is 12.8 Å². The molecule has 1 aliphatic carbocycles. The van der Waals surface area contributed by atoms with E-state index in [1.165, 1.54) is 0 Å². The van der Waals surface area contributed by atoms with Gasteiger partial charge < -0.3 is 15.1 Å². The summed E-state index contributed by atoms with van der Waals surface area (Å²) in [5.74, 6) is -2.51. The van der Waals surface area contributed by atoms with Crippen LogP contribution in [0.5, 0.6) is 0 Å². The lowest BCUT2D eigenvalue weighted by Gasteiger charge is -2.24. The molecule has 0 saturated heterocycles. The standard InChI is InChI=1S/C11H17F2NO4/c12-9(13)6-14(3-4-15)10(16)7-1-2-8(5-7)11(17)18/h7-9,15H,1-6H2,(H,17,18). The summed E-state index contributed by atoms with van der Waals surface area (Å²) in [6.07, 6.45) is -1.66. The Hall–Kier alpha value is -1.24. The predicted octanol–water partition coefficient (Wildman–Crippen LogP) is 0.573. The zero-order valence-corrected chi connectivity index (χ0v) is 9.89. The summed E-state index contributed by atoms with van der Waals surface area (Å²) in [5.41, 5.74) is 0. The van der Waals surface area contributed by atoms with Crippen LogP contribution in [0.3, 0.4) is 0 Å². The van der Waals surface area contributed by atoms with Crippen LogP contribution in [0.15, 0.2) is 0 Å². The van der Waals surface area contributed by atoms with Gasteiger partial charge >= 0.3 is 5.97 Å². The number of carbonyl (C=O) groups is 2. The monoisotopic (exact) mass is 265 g/mol. The summed E-state index contributed by atoms with van der Waals surface area (Å²) in [6, 6.07) is 0. The fourth-order valence-corrected chi connectivity index (χ4v) is 2.27. The smallest absolute Gasteiger partial charge is 0.306 e. The van der Waals surface area contributed by atoms with Gasteiger partial charge in [-0.3, -0.25) is 9.59 Å². The Balaban J connectivity index is 2.58. The number of rotatable bonds is 6. The highest BCUT2D eigenvalue weighted by Crippen LogP contribution is 2.32. The lowest BCUT2D eigenvalue weighted by Crippen LogP contribution is -2.40. The molecule has 0 spiro atoms. The van der Waals surface area contributed by atoms with Crippen LogP contribution in [0, 0.1) is 11.8 Å². The van der Waals surface area contributed by atoms with Crippen LogP contribution in [0.25, 0.3) is 0 Å². The zero-order valence-electron chi connectivity index (χ0n) is 9.89. The minimum absolute atomic E-state index is 0.141. The number of hydrogen-bond acceptors (Lipinski definition) is 3. The van der Waals surface area contributed by atoms with Crippen molar-refractivity contribution in [2.24, 2.45) is 11.8 Å². The zero-order chi connectivity index (χ0) is 13.7. The first-order chi connectivity index (χ1) is 8.45. The van der Waals surface area contributed by atoms with Gasteiger partial charge in [-0.15, -0.1) is 0 Å². The van der Waals surface area contributed by atoms with Crippen LogP contribution in [-0.2, 0) is 9.59 Å². The molecule has 0 radical (unpaired) electrons. The van der Waals surface area contributed by atoms with Crippen LogP contribution in [0.4, 0.5) is 8.78 Å². The number of alkyl halides is 2. The van der Waals surface area contributed by atoms with E-state index in [4.69, 9.17) is 10.2 Å². The first kappa shape index (κ1) is 14.8. The summed E-state index contributed by atoms with van der Waals surface area (Å²) in [7, 11) is 0. The SMILES string of the molecule is O=C(O)C1CCC(C(=O)N(CCO)CC(F)F)C1. The first-order valence-corrected chi connectivity index (χ1v) is 5.86. The molecule has 1 aliphatic rings. The molecule has 0 aromatic rings. The van der Waals surface area contributed by atoms with E-state index in [0.717, 1.165) is 4.90 Å². The molecular weight excluding hydrogens is 248 g/mol. The van der Waals surface area contributed by atoms with Crippen molar-refractivity contribution in [1.29, 1.82) is 0 Å². The summed E-state index contributed by atoms with van der Waals surface area (Å²) in [4.78, 5) is 23.6. The number of aliphatic hydroxyl groups is 1. The van der Waals surface area contributed by atoms with E-state index in [1.807, 2.05) is 0 Å². The molecule has 104 valence electrons. The normalized spacial score (nSPS) is 23.3. The molecule has 1 fully saturated rings. The molecule has 0 aromatic heterocycles. The maximum atomic E-state index is 12.3. The molecule has 1 rings (SSSR count). The van der Waals surface area contributed by atoms with Crippen LogP contribution in [0.2, 0.25) is 0 Å². The van der Waals surface area contributed by atoms with Crippen molar-refractivity contribution in [1.82, 2.24) is 4.90 Å². The number of carboxylic acids is 1. The van der Waals surface area contributed by atoms with E-state index >= 15 is 0 Å². The summed E-state index contributed by atoms with van der Waals surface area (Å²) in [6.45, 7) is -1.24. The second-order valence-corrected chi connectivity index (χ2v) is 4.44. The van der Waals surface area contributed by atoms with Gasteiger partial charge in [0.1, 0.15) is 0 Å². The van der Waals surface area contributed by atoms with Gasteiger partial charge in [-0.2, -0.15) is 0 Å². The fourth-order valence-electron chi connectivity index (χ4n) is 2.27. The van der Waals surface area contributed by atoms with E-state index in [2.05, 4.69) is 0 Å². The highest BCUT2D eigenvalue weighted by Gasteiger charge is 2.36. The maximum absolute atomic E-state index is 12.3. The van der Waals surface area contributed by atoms with E-state index < -0.39 is 36.7 Å². The Kier molecular flexibility index (Phi) is 5.46. The van der Waals surface area contributed by atoms with E-state index in [-0.39, 0.29) is 19.6 Å². The third-order valence-corrected chi connectivity index (χ3v) is 3.17. The summed E-state index contributed by atoms with van der Waals surface area (Å²) in [5, 5.41) is 17.6. The Morgan fingerprint density at radius 3 is 2.33 bits per heavy atom. The first-order valence-electron chi connectivity index (χ1n) is 5.86. The van der Waals surface area contributed by atoms with Gasteiger partial charge in [-0.25, -0.2) is 8.78 Å². The molecule has 2 unspecified atom stereocenters. The Morgan fingerprint density at radius 2 is 1.89 bits per heavy atom. The molecule has 5 nitrogen and oxygen atoms in total. The van der Waals surface area contributed by atoms with Crippen molar-refractivity contribution in [3.05, 3.63) is 0 Å². The molecule has 2 N–H and O–H groups in total. The lowest BCUT2D eigenvalue weighted by molar-refractivity contribution is -0.142. The van der Waals surface area contributed by atoms with Gasteiger partial charge in [0.05, 0.1) is 19.1 Å². The van der Waals surface area contributed by atoms with Crippen LogP contribution < -0.4 is 0 Å². The molecule has 0 bridgehead atoms. The number of nitrogens with zero attached hydrogens (tertiary/aromatic N) is 1. The van der Waals surface area contributed by atoms with Crippen LogP contribution in [-0.4, -0.2) is 53.1 Å². The van der Waals surface area contributed by atoms with Crippen molar-refractivity contribution < 1.29 is 28.6 Å². The van der Waals surface area contributed by atoms with Gasteiger partial charge in [-0.05, 0) is 19.3 Å². The van der Waals surface area contributed by atoms with Crippen molar-refractivity contribution >= 4 is 11.9 Å². The molecule has 0 aliphatic heterocycles. The number of amides is 1. The molecule has 0 aromatic carbocycles. The molecular formula is C11H17F2NO4. The molecule has 7 heteroatoms. The number of hydrogen-bond donors (Lipinski definition) is 2. The number of carboxylic acid groups (broad SMARTS) is 1. The average molecular weight is 265 g/mol. The minimum Gasteiger partial charge on any atom is -0.481 e. The second kappa shape index (κ2) is 6.63. The van der Waals surface area contributed by atoms with Crippen LogP contribution >= 0.6 is 0 Å². The number of halogens is 2. The van der Waals surface area contributed by atoms with E-state index in [1.54, 1.807) is 0 Å². The Bertz CT molecular complexity index is 311. The van der Waals surface area contributed by atoms with Crippen molar-refractivity contribution in [3.8, 4) is 0 Å². The minimum atomic E-state index is -2.66. The van der Waals surface area contributed by atoms with Crippen molar-refractivity contribution in [3.63, 3.8) is 0 Å². The quantitative estimate of drug-likeness (QED) is 0.736. The fraction of sp³-hybridized carbons (Fsp3) is 0.818. The lowest BCUT2D eigenvalue weighted by atomic mass is 10.0. The predicted molar refractivity (Wildman–Crippen MR) is 58.1 cm³/mol. The Labute approximate surface area is 103 Å². The topological polar surface area (TPSA) is 77.8 Å². The third kappa shape index (κ3) is 3.90. The van der Waals surface area contributed by atoms with Gasteiger partial charge in [0.25, 0.3) is 6.43 Å². The Morgan fingerprint density at radius 1 is 1.28 bits per heavy atom. The summed E-state index contributed by atoms with van der Waals surface area (Å²) < 4.78 is 24.6. The van der Waals surface area contributed by atoms with E-state index in [9.17, 15) is 18.4 Å². The largest absolute Gasteiger partial charge is 0.481 e. The third-order valence-electron chi connectivity index (χ3n) is 3.17. The van der Waals surface area contributed by atoms with Crippen molar-refractivity contribution in [2.45, 2.75) is 25.7 Å². The highest BCUT2D eigenvalue weighted by atomic mass is 19.3. The molecule has 2 atom stereocenters. The van der Waals surface area contributed by atoms with Crippen LogP contribution in [0.1, 0.15) is 19.3 Å². The van der Waals surface area contributed by atoms with Gasteiger partial charge in [0, 0.05) is 12.5 Å². The molecule has 1 amide bonds. The highest BCUT2D eigenvalue weighted by molar-refractivity contribution is 5.81. The van der Waals surface area contributed by atoms with Gasteiger partial charge in [0.15, 0.2) is 0 Å². The molecule has 18 heavy (non-hydrogen) atoms. The number of carbonyl (C=O) groups excluding carboxylic acids is 1. The van der Waals surface area contributed by atoms with Gasteiger partial charge in [0.2, 0.25) is 5.91 Å². The van der Waals surface area contributed by atoms with Gasteiger partial charge in [-0.1, -0.05) is 0 Å². The average Bonchev–Trinajstić information content (AvgIpc) is 2.76. The maximum Gasteiger partial charge on any atom is 0.306 e. The van der Waals surface area contributed by atoms with Crippen molar-refractivity contribution in [2.75, 3.05) is 19.7 Å². The number of aliphatic hydroxyl groups excluding tert-OH is 1. The second-order valence-electron chi connectivity index (χ2n) is 4.44. The summed E-state index contributed by atoms with van der Waals surface area (Å²) >= 11 is 0. The number of aliphatic carboxylic acids is 1. The molecule has 1 saturated carbocycles.